The molecule has 2 unspecified atom stereocenters. The number of nitrogens with one attached hydrogen (secondary N) is 1. The zero-order valence-corrected chi connectivity index (χ0v) is 13.0. The van der Waals surface area contributed by atoms with Crippen LogP contribution in [0.3, 0.4) is 0 Å². The van der Waals surface area contributed by atoms with Crippen molar-refractivity contribution < 1.29 is 8.91 Å². The van der Waals surface area contributed by atoms with Gasteiger partial charge in [0, 0.05) is 23.1 Å². The number of aromatic nitrogens is 2. The van der Waals surface area contributed by atoms with Gasteiger partial charge in [0.15, 0.2) is 0 Å². The minimum absolute atomic E-state index is 0.0563. The Morgan fingerprint density at radius 2 is 2.33 bits per heavy atom. The molecule has 3 rings (SSSR count). The third-order valence-electron chi connectivity index (χ3n) is 3.48. The monoisotopic (exact) mass is 327 g/mol. The van der Waals surface area contributed by atoms with Crippen LogP contribution in [-0.4, -0.2) is 34.2 Å². The van der Waals surface area contributed by atoms with Crippen LogP contribution in [0.15, 0.2) is 22.7 Å². The van der Waals surface area contributed by atoms with Crippen LogP contribution < -0.4 is 5.32 Å². The number of halogens is 2. The summed E-state index contributed by atoms with van der Waals surface area (Å²) < 4.78 is 18.6. The minimum Gasteiger partial charge on any atom is -0.339 e. The summed E-state index contributed by atoms with van der Waals surface area (Å²) in [5, 5.41) is 7.49. The van der Waals surface area contributed by atoms with Crippen molar-refractivity contribution in [2.24, 2.45) is 0 Å². The lowest BCUT2D eigenvalue weighted by atomic mass is 10.0. The lowest BCUT2D eigenvalue weighted by Gasteiger charge is -2.15. The summed E-state index contributed by atoms with van der Waals surface area (Å²) in [6, 6.07) is 4.77. The highest BCUT2D eigenvalue weighted by atomic mass is 35.5. The van der Waals surface area contributed by atoms with E-state index >= 15 is 0 Å². The van der Waals surface area contributed by atoms with E-state index in [0.717, 1.165) is 18.1 Å². The second-order valence-corrected chi connectivity index (χ2v) is 6.38. The summed E-state index contributed by atoms with van der Waals surface area (Å²) in [7, 11) is 0. The van der Waals surface area contributed by atoms with Crippen LogP contribution in [0.5, 0.6) is 0 Å². The minimum atomic E-state index is -0.455. The average molecular weight is 328 g/mol. The van der Waals surface area contributed by atoms with Gasteiger partial charge in [-0.1, -0.05) is 23.7 Å². The van der Waals surface area contributed by atoms with Crippen LogP contribution >= 0.6 is 23.4 Å². The van der Waals surface area contributed by atoms with Crippen molar-refractivity contribution in [3.8, 4) is 11.4 Å². The zero-order valence-electron chi connectivity index (χ0n) is 11.5. The van der Waals surface area contributed by atoms with Crippen LogP contribution in [0.2, 0.25) is 5.02 Å². The van der Waals surface area contributed by atoms with E-state index in [2.05, 4.69) is 22.4 Å². The molecule has 2 atom stereocenters. The van der Waals surface area contributed by atoms with Crippen molar-refractivity contribution in [3.05, 3.63) is 34.9 Å². The van der Waals surface area contributed by atoms with Gasteiger partial charge in [-0.2, -0.15) is 16.7 Å². The van der Waals surface area contributed by atoms with Crippen LogP contribution in [0.25, 0.3) is 11.4 Å². The van der Waals surface area contributed by atoms with Gasteiger partial charge in [0.1, 0.15) is 5.82 Å². The van der Waals surface area contributed by atoms with Crippen molar-refractivity contribution >= 4 is 23.4 Å². The normalized spacial score (nSPS) is 21.9. The number of likely N-dealkylation sites (N-methyl/N-ethyl adjacent to an activating group) is 1. The molecule has 0 radical (unpaired) electrons. The Labute approximate surface area is 131 Å². The molecule has 1 aromatic heterocycles. The number of benzene rings is 1. The van der Waals surface area contributed by atoms with E-state index in [9.17, 15) is 4.39 Å². The maximum absolute atomic E-state index is 13.2. The van der Waals surface area contributed by atoms with Crippen molar-refractivity contribution in [1.29, 1.82) is 0 Å². The Bertz CT molecular complexity index is 636. The molecule has 1 aliphatic heterocycles. The second-order valence-electron chi connectivity index (χ2n) is 4.89. The predicted molar refractivity (Wildman–Crippen MR) is 82.2 cm³/mol. The summed E-state index contributed by atoms with van der Waals surface area (Å²) in [6.07, 6.45) is 0. The maximum atomic E-state index is 13.2. The van der Waals surface area contributed by atoms with E-state index in [0.29, 0.717) is 23.3 Å². The number of hydrogen-bond donors (Lipinski definition) is 1. The Balaban J connectivity index is 1.84. The van der Waals surface area contributed by atoms with Gasteiger partial charge in [0.2, 0.25) is 11.7 Å². The van der Waals surface area contributed by atoms with Crippen molar-refractivity contribution in [1.82, 2.24) is 15.5 Å². The van der Waals surface area contributed by atoms with Crippen LogP contribution in [0.4, 0.5) is 4.39 Å². The van der Waals surface area contributed by atoms with Crippen molar-refractivity contribution in [2.75, 3.05) is 18.1 Å². The Morgan fingerprint density at radius 1 is 1.48 bits per heavy atom. The molecule has 1 aromatic carbocycles. The third kappa shape index (κ3) is 3.07. The molecule has 1 saturated heterocycles. The summed E-state index contributed by atoms with van der Waals surface area (Å²) in [5.74, 6) is 2.83. The fraction of sp³-hybridized carbons (Fsp3) is 0.429. The third-order valence-corrected chi connectivity index (χ3v) is 4.96. The Morgan fingerprint density at radius 3 is 3.10 bits per heavy atom. The fourth-order valence-electron chi connectivity index (χ4n) is 2.40. The summed E-state index contributed by atoms with van der Waals surface area (Å²) in [5.41, 5.74) is 0.655. The molecule has 21 heavy (non-hydrogen) atoms. The standard InChI is InChI=1S/C14H15ClFN3OS/c1-2-17-12-7-21-6-9(12)14-18-13(19-20-14)8-3-4-11(16)10(15)5-8/h3-5,9,12,17H,2,6-7H2,1H3. The topological polar surface area (TPSA) is 51.0 Å². The first-order valence-corrected chi connectivity index (χ1v) is 8.32. The molecule has 2 aromatic rings. The van der Waals surface area contributed by atoms with Crippen molar-refractivity contribution in [3.63, 3.8) is 0 Å². The van der Waals surface area contributed by atoms with Crippen LogP contribution in [-0.2, 0) is 0 Å². The molecule has 4 nitrogen and oxygen atoms in total. The SMILES string of the molecule is CCNC1CSCC1c1nc(-c2ccc(F)c(Cl)c2)no1. The largest absolute Gasteiger partial charge is 0.339 e. The van der Waals surface area contributed by atoms with Crippen molar-refractivity contribution in [2.45, 2.75) is 18.9 Å². The van der Waals surface area contributed by atoms with Gasteiger partial charge in [-0.15, -0.1) is 0 Å². The zero-order chi connectivity index (χ0) is 14.8. The molecule has 0 saturated carbocycles. The van der Waals surface area contributed by atoms with E-state index in [1.165, 1.54) is 12.1 Å². The lowest BCUT2D eigenvalue weighted by Crippen LogP contribution is -2.34. The number of thioether (sulfide) groups is 1. The van der Waals surface area contributed by atoms with E-state index in [4.69, 9.17) is 16.1 Å². The average Bonchev–Trinajstić information content (AvgIpc) is 3.10. The van der Waals surface area contributed by atoms with Crippen LogP contribution in [0, 0.1) is 5.82 Å². The van der Waals surface area contributed by atoms with E-state index in [-0.39, 0.29) is 10.9 Å². The molecule has 112 valence electrons. The number of nitrogens with zero attached hydrogens (tertiary/aromatic N) is 2. The highest BCUT2D eigenvalue weighted by Gasteiger charge is 2.33. The summed E-state index contributed by atoms with van der Waals surface area (Å²) in [4.78, 5) is 4.45. The lowest BCUT2D eigenvalue weighted by molar-refractivity contribution is 0.340. The van der Waals surface area contributed by atoms with Gasteiger partial charge in [0.25, 0.3) is 0 Å². The van der Waals surface area contributed by atoms with E-state index in [1.54, 1.807) is 6.07 Å². The molecular formula is C14H15ClFN3OS. The van der Waals surface area contributed by atoms with Gasteiger partial charge < -0.3 is 9.84 Å². The molecule has 1 aliphatic rings. The van der Waals surface area contributed by atoms with Gasteiger partial charge >= 0.3 is 0 Å². The quantitative estimate of drug-likeness (QED) is 0.933. The Kier molecular flexibility index (Phi) is 4.47. The fourth-order valence-corrected chi connectivity index (χ4v) is 3.95. The first kappa shape index (κ1) is 14.8. The summed E-state index contributed by atoms with van der Waals surface area (Å²) >= 11 is 7.66. The number of hydrogen-bond acceptors (Lipinski definition) is 5. The smallest absolute Gasteiger partial charge is 0.232 e. The molecule has 0 spiro atoms. The van der Waals surface area contributed by atoms with Gasteiger partial charge in [-0.3, -0.25) is 0 Å². The second kappa shape index (κ2) is 6.34. The maximum Gasteiger partial charge on any atom is 0.232 e. The Hall–Kier alpha value is -1.11. The van der Waals surface area contributed by atoms with Gasteiger partial charge in [0.05, 0.1) is 10.9 Å². The highest BCUT2D eigenvalue weighted by molar-refractivity contribution is 7.99. The molecule has 7 heteroatoms. The van der Waals surface area contributed by atoms with Gasteiger partial charge in [-0.05, 0) is 24.7 Å². The first-order chi connectivity index (χ1) is 10.2. The molecule has 2 heterocycles. The molecule has 0 bridgehead atoms. The van der Waals surface area contributed by atoms with E-state index in [1.807, 2.05) is 11.8 Å². The summed E-state index contributed by atoms with van der Waals surface area (Å²) in [6.45, 7) is 3.00. The van der Waals surface area contributed by atoms with Gasteiger partial charge in [-0.25, -0.2) is 4.39 Å². The molecule has 0 aliphatic carbocycles. The highest BCUT2D eigenvalue weighted by Crippen LogP contribution is 2.33. The molecule has 1 N–H and O–H groups in total. The molecular weight excluding hydrogens is 313 g/mol. The molecule has 0 amide bonds. The van der Waals surface area contributed by atoms with E-state index < -0.39 is 5.82 Å². The number of rotatable bonds is 4. The predicted octanol–water partition coefficient (Wildman–Crippen LogP) is 3.34. The van der Waals surface area contributed by atoms with Crippen LogP contribution in [0.1, 0.15) is 18.7 Å². The molecule has 1 fully saturated rings. The first-order valence-electron chi connectivity index (χ1n) is 6.79.